The van der Waals surface area contributed by atoms with E-state index >= 15 is 0 Å². The Kier molecular flexibility index (Phi) is 5.24. The van der Waals surface area contributed by atoms with Crippen LogP contribution in [0.3, 0.4) is 0 Å². The Labute approximate surface area is 124 Å². The van der Waals surface area contributed by atoms with E-state index in [9.17, 15) is 4.79 Å². The number of benzene rings is 2. The highest BCUT2D eigenvalue weighted by Gasteiger charge is 2.10. The molecule has 0 fully saturated rings. The lowest BCUT2D eigenvalue weighted by molar-refractivity contribution is 0.0940. The minimum atomic E-state index is -0.0305. The number of amides is 1. The SMILES string of the molecule is CSCc1ccc(C(=O)N[C@@H](C)c2ccccc2)cc1. The van der Waals surface area contributed by atoms with E-state index in [2.05, 4.69) is 11.6 Å². The molecule has 20 heavy (non-hydrogen) atoms. The summed E-state index contributed by atoms with van der Waals surface area (Å²) in [5, 5.41) is 3.02. The summed E-state index contributed by atoms with van der Waals surface area (Å²) in [7, 11) is 0. The third-order valence-electron chi connectivity index (χ3n) is 3.17. The van der Waals surface area contributed by atoms with Gasteiger partial charge in [0.15, 0.2) is 0 Å². The van der Waals surface area contributed by atoms with E-state index in [0.717, 1.165) is 11.3 Å². The Hall–Kier alpha value is -1.74. The van der Waals surface area contributed by atoms with Crippen LogP contribution in [0.15, 0.2) is 54.6 Å². The molecule has 1 amide bonds. The summed E-state index contributed by atoms with van der Waals surface area (Å²) in [5.41, 5.74) is 3.06. The number of hydrogen-bond donors (Lipinski definition) is 1. The molecule has 0 aliphatic heterocycles. The van der Waals surface area contributed by atoms with Crippen LogP contribution in [-0.4, -0.2) is 12.2 Å². The number of rotatable bonds is 5. The third-order valence-corrected chi connectivity index (χ3v) is 3.80. The summed E-state index contributed by atoms with van der Waals surface area (Å²) in [6.45, 7) is 2.00. The Balaban J connectivity index is 2.01. The lowest BCUT2D eigenvalue weighted by Gasteiger charge is -2.14. The van der Waals surface area contributed by atoms with E-state index in [1.807, 2.05) is 61.5 Å². The summed E-state index contributed by atoms with van der Waals surface area (Å²) >= 11 is 1.78. The summed E-state index contributed by atoms with van der Waals surface area (Å²) in [6, 6.07) is 17.8. The summed E-state index contributed by atoms with van der Waals surface area (Å²) < 4.78 is 0. The standard InChI is InChI=1S/C17H19NOS/c1-13(15-6-4-3-5-7-15)18-17(19)16-10-8-14(9-11-16)12-20-2/h3-11,13H,12H2,1-2H3,(H,18,19)/t13-/m0/s1. The van der Waals surface area contributed by atoms with Crippen molar-refractivity contribution in [3.63, 3.8) is 0 Å². The molecule has 2 nitrogen and oxygen atoms in total. The van der Waals surface area contributed by atoms with Gasteiger partial charge in [0.1, 0.15) is 0 Å². The maximum Gasteiger partial charge on any atom is 0.251 e. The second-order valence-electron chi connectivity index (χ2n) is 4.74. The fourth-order valence-electron chi connectivity index (χ4n) is 2.02. The number of thioether (sulfide) groups is 1. The van der Waals surface area contributed by atoms with E-state index in [-0.39, 0.29) is 11.9 Å². The highest BCUT2D eigenvalue weighted by Crippen LogP contribution is 2.14. The molecule has 0 radical (unpaired) electrons. The van der Waals surface area contributed by atoms with E-state index in [0.29, 0.717) is 5.56 Å². The Bertz CT molecular complexity index is 551. The molecule has 0 aromatic heterocycles. The molecule has 0 saturated heterocycles. The molecule has 3 heteroatoms. The molecule has 2 aromatic carbocycles. The maximum absolute atomic E-state index is 12.2. The molecule has 1 atom stereocenters. The molecule has 2 aromatic rings. The third kappa shape index (κ3) is 3.87. The predicted octanol–water partition coefficient (Wildman–Crippen LogP) is 4.04. The quantitative estimate of drug-likeness (QED) is 0.898. The Morgan fingerprint density at radius 2 is 1.75 bits per heavy atom. The number of carbonyl (C=O) groups is 1. The van der Waals surface area contributed by atoms with Crippen LogP contribution in [0.1, 0.15) is 34.5 Å². The van der Waals surface area contributed by atoms with E-state index in [1.54, 1.807) is 11.8 Å². The van der Waals surface area contributed by atoms with Crippen molar-refractivity contribution in [2.75, 3.05) is 6.26 Å². The first-order chi connectivity index (χ1) is 9.70. The molecule has 0 unspecified atom stereocenters. The van der Waals surface area contributed by atoms with Gasteiger partial charge in [-0.05, 0) is 36.4 Å². The predicted molar refractivity (Wildman–Crippen MR) is 86.0 cm³/mol. The van der Waals surface area contributed by atoms with Gasteiger partial charge in [-0.25, -0.2) is 0 Å². The van der Waals surface area contributed by atoms with E-state index in [4.69, 9.17) is 0 Å². The van der Waals surface area contributed by atoms with Crippen molar-refractivity contribution >= 4 is 17.7 Å². The molecule has 2 rings (SSSR count). The largest absolute Gasteiger partial charge is 0.346 e. The van der Waals surface area contributed by atoms with Crippen LogP contribution in [0, 0.1) is 0 Å². The van der Waals surface area contributed by atoms with E-state index in [1.165, 1.54) is 5.56 Å². The van der Waals surface area contributed by atoms with Crippen molar-refractivity contribution in [2.24, 2.45) is 0 Å². The second-order valence-corrected chi connectivity index (χ2v) is 5.60. The van der Waals surface area contributed by atoms with Crippen molar-refractivity contribution in [1.29, 1.82) is 0 Å². The van der Waals surface area contributed by atoms with Gasteiger partial charge in [-0.1, -0.05) is 42.5 Å². The molecule has 0 saturated carbocycles. The summed E-state index contributed by atoms with van der Waals surface area (Å²) in [4.78, 5) is 12.2. The average Bonchev–Trinajstić information content (AvgIpc) is 2.49. The van der Waals surface area contributed by atoms with Crippen LogP contribution in [0.25, 0.3) is 0 Å². The molecule has 1 N–H and O–H groups in total. The highest BCUT2D eigenvalue weighted by molar-refractivity contribution is 7.97. The van der Waals surface area contributed by atoms with Gasteiger partial charge in [-0.15, -0.1) is 0 Å². The normalized spacial score (nSPS) is 11.9. The van der Waals surface area contributed by atoms with Gasteiger partial charge in [0.05, 0.1) is 6.04 Å². The smallest absolute Gasteiger partial charge is 0.251 e. The van der Waals surface area contributed by atoms with Gasteiger partial charge in [0, 0.05) is 11.3 Å². The topological polar surface area (TPSA) is 29.1 Å². The fourth-order valence-corrected chi connectivity index (χ4v) is 2.55. The first-order valence-electron chi connectivity index (χ1n) is 6.64. The first kappa shape index (κ1) is 14.7. The second kappa shape index (κ2) is 7.15. The van der Waals surface area contributed by atoms with Crippen LogP contribution in [0.5, 0.6) is 0 Å². The average molecular weight is 285 g/mol. The minimum absolute atomic E-state index is 0.00886. The van der Waals surface area contributed by atoms with Crippen molar-refractivity contribution < 1.29 is 4.79 Å². The van der Waals surface area contributed by atoms with Gasteiger partial charge in [-0.3, -0.25) is 4.79 Å². The lowest BCUT2D eigenvalue weighted by Crippen LogP contribution is -2.26. The van der Waals surface area contributed by atoms with Gasteiger partial charge in [0.25, 0.3) is 5.91 Å². The monoisotopic (exact) mass is 285 g/mol. The highest BCUT2D eigenvalue weighted by atomic mass is 32.2. The van der Waals surface area contributed by atoms with Crippen molar-refractivity contribution in [3.8, 4) is 0 Å². The number of nitrogens with one attached hydrogen (secondary N) is 1. The van der Waals surface area contributed by atoms with E-state index < -0.39 is 0 Å². The molecule has 0 spiro atoms. The number of carbonyl (C=O) groups excluding carboxylic acids is 1. The van der Waals surface area contributed by atoms with Crippen LogP contribution in [0.2, 0.25) is 0 Å². The van der Waals surface area contributed by atoms with Crippen LogP contribution >= 0.6 is 11.8 Å². The Morgan fingerprint density at radius 1 is 1.10 bits per heavy atom. The molecular formula is C17H19NOS. The van der Waals surface area contributed by atoms with Crippen molar-refractivity contribution in [1.82, 2.24) is 5.32 Å². The van der Waals surface area contributed by atoms with Crippen molar-refractivity contribution in [3.05, 3.63) is 71.3 Å². The zero-order chi connectivity index (χ0) is 14.4. The van der Waals surface area contributed by atoms with Crippen LogP contribution < -0.4 is 5.32 Å². The molecule has 0 bridgehead atoms. The zero-order valence-electron chi connectivity index (χ0n) is 11.8. The molecule has 0 aliphatic carbocycles. The van der Waals surface area contributed by atoms with Crippen LogP contribution in [0.4, 0.5) is 0 Å². The maximum atomic E-state index is 12.2. The fraction of sp³-hybridized carbons (Fsp3) is 0.235. The van der Waals surface area contributed by atoms with Gasteiger partial charge in [-0.2, -0.15) is 11.8 Å². The summed E-state index contributed by atoms with van der Waals surface area (Å²) in [5.74, 6) is 0.944. The minimum Gasteiger partial charge on any atom is -0.346 e. The van der Waals surface area contributed by atoms with Crippen LogP contribution in [-0.2, 0) is 5.75 Å². The summed E-state index contributed by atoms with van der Waals surface area (Å²) in [6.07, 6.45) is 2.07. The molecule has 104 valence electrons. The van der Waals surface area contributed by atoms with Gasteiger partial charge in [0.2, 0.25) is 0 Å². The lowest BCUT2D eigenvalue weighted by atomic mass is 10.1. The molecule has 0 heterocycles. The first-order valence-corrected chi connectivity index (χ1v) is 8.04. The molecule has 0 aliphatic rings. The van der Waals surface area contributed by atoms with Gasteiger partial charge >= 0.3 is 0 Å². The Morgan fingerprint density at radius 3 is 2.35 bits per heavy atom. The van der Waals surface area contributed by atoms with Crippen molar-refractivity contribution in [2.45, 2.75) is 18.7 Å². The van der Waals surface area contributed by atoms with Gasteiger partial charge < -0.3 is 5.32 Å². The number of hydrogen-bond acceptors (Lipinski definition) is 2. The zero-order valence-corrected chi connectivity index (χ0v) is 12.6. The molecular weight excluding hydrogens is 266 g/mol.